The van der Waals surface area contributed by atoms with E-state index in [1.54, 1.807) is 19.5 Å². The number of hydrogen-bond donors (Lipinski definition) is 0. The van der Waals surface area contributed by atoms with Crippen molar-refractivity contribution in [3.05, 3.63) is 28.5 Å². The number of Topliss-reactive ketones (excluding diaryl/α,β-unsaturated/α-hetero) is 1. The molecule has 1 aromatic heterocycles. The summed E-state index contributed by atoms with van der Waals surface area (Å²) in [4.78, 5) is 15.7. The maximum atomic E-state index is 11.6. The van der Waals surface area contributed by atoms with E-state index in [9.17, 15) is 4.79 Å². The Morgan fingerprint density at radius 1 is 1.56 bits per heavy atom. The Kier molecular flexibility index (Phi) is 5.63. The van der Waals surface area contributed by atoms with E-state index in [-0.39, 0.29) is 11.9 Å². The highest BCUT2D eigenvalue weighted by Gasteiger charge is 2.07. The molecule has 1 unspecified atom stereocenters. The largest absolute Gasteiger partial charge is 0.382 e. The fourth-order valence-electron chi connectivity index (χ4n) is 1.35. The minimum atomic E-state index is 0.143. The van der Waals surface area contributed by atoms with Gasteiger partial charge in [-0.05, 0) is 40.9 Å². The number of halogens is 1. The number of aromatic nitrogens is 1. The van der Waals surface area contributed by atoms with Crippen LogP contribution >= 0.6 is 15.9 Å². The molecule has 88 valence electrons. The molecule has 0 saturated heterocycles. The Balaban J connectivity index is 2.40. The standard InChI is InChI=1S/C12H16BrNO2/c1-9(16-2)3-4-12(15)6-10-5-11(13)8-14-7-10/h5,7-9H,3-4,6H2,1-2H3. The Hall–Kier alpha value is -0.740. The summed E-state index contributed by atoms with van der Waals surface area (Å²) in [5.74, 6) is 0.226. The molecule has 0 fully saturated rings. The highest BCUT2D eigenvalue weighted by Crippen LogP contribution is 2.11. The van der Waals surface area contributed by atoms with Crippen LogP contribution in [0.15, 0.2) is 22.9 Å². The molecule has 0 aromatic carbocycles. The second kappa shape index (κ2) is 6.76. The molecule has 1 rings (SSSR count). The first kappa shape index (κ1) is 13.3. The Morgan fingerprint density at radius 2 is 2.31 bits per heavy atom. The summed E-state index contributed by atoms with van der Waals surface area (Å²) in [6.45, 7) is 1.97. The van der Waals surface area contributed by atoms with Crippen molar-refractivity contribution >= 4 is 21.7 Å². The molecule has 4 heteroatoms. The van der Waals surface area contributed by atoms with Gasteiger partial charge in [0.1, 0.15) is 5.78 Å². The third-order valence-electron chi connectivity index (χ3n) is 2.39. The molecule has 0 aliphatic heterocycles. The molecule has 0 saturated carbocycles. The van der Waals surface area contributed by atoms with Crippen LogP contribution in [0.4, 0.5) is 0 Å². The number of rotatable bonds is 6. The Bertz CT molecular complexity index is 355. The van der Waals surface area contributed by atoms with Crippen LogP contribution in [0.25, 0.3) is 0 Å². The van der Waals surface area contributed by atoms with Crippen LogP contribution in [0.3, 0.4) is 0 Å². The fraction of sp³-hybridized carbons (Fsp3) is 0.500. The molecule has 0 amide bonds. The van der Waals surface area contributed by atoms with E-state index in [1.807, 2.05) is 13.0 Å². The van der Waals surface area contributed by atoms with Crippen LogP contribution in [0.2, 0.25) is 0 Å². The lowest BCUT2D eigenvalue weighted by molar-refractivity contribution is -0.119. The van der Waals surface area contributed by atoms with E-state index in [2.05, 4.69) is 20.9 Å². The minimum absolute atomic E-state index is 0.143. The van der Waals surface area contributed by atoms with Gasteiger partial charge in [0.05, 0.1) is 6.10 Å². The predicted molar refractivity (Wildman–Crippen MR) is 66.4 cm³/mol. The monoisotopic (exact) mass is 285 g/mol. The zero-order valence-corrected chi connectivity index (χ0v) is 11.2. The molecule has 0 N–H and O–H groups in total. The Morgan fingerprint density at radius 3 is 2.94 bits per heavy atom. The van der Waals surface area contributed by atoms with Gasteiger partial charge in [-0.25, -0.2) is 0 Å². The first-order valence-electron chi connectivity index (χ1n) is 5.25. The normalized spacial score (nSPS) is 12.4. The van der Waals surface area contributed by atoms with E-state index < -0.39 is 0 Å². The van der Waals surface area contributed by atoms with Gasteiger partial charge in [-0.2, -0.15) is 0 Å². The van der Waals surface area contributed by atoms with E-state index >= 15 is 0 Å². The van der Waals surface area contributed by atoms with Gasteiger partial charge < -0.3 is 4.74 Å². The molecular weight excluding hydrogens is 270 g/mol. The van der Waals surface area contributed by atoms with Gasteiger partial charge in [0, 0.05) is 36.8 Å². The molecule has 16 heavy (non-hydrogen) atoms. The van der Waals surface area contributed by atoms with E-state index in [1.165, 1.54) is 0 Å². The molecule has 1 aromatic rings. The predicted octanol–water partition coefficient (Wildman–Crippen LogP) is 2.77. The lowest BCUT2D eigenvalue weighted by Gasteiger charge is -2.08. The van der Waals surface area contributed by atoms with Gasteiger partial charge in [0.15, 0.2) is 0 Å². The first-order chi connectivity index (χ1) is 7.61. The lowest BCUT2D eigenvalue weighted by atomic mass is 10.1. The number of methoxy groups -OCH3 is 1. The summed E-state index contributed by atoms with van der Waals surface area (Å²) >= 11 is 3.33. The van der Waals surface area contributed by atoms with Crippen LogP contribution in [-0.2, 0) is 16.0 Å². The molecule has 0 aliphatic carbocycles. The lowest BCUT2D eigenvalue weighted by Crippen LogP contribution is -2.10. The van der Waals surface area contributed by atoms with Crippen molar-refractivity contribution in [3.63, 3.8) is 0 Å². The van der Waals surface area contributed by atoms with Crippen LogP contribution in [0.1, 0.15) is 25.3 Å². The summed E-state index contributed by atoms with van der Waals surface area (Å²) in [6.07, 6.45) is 5.36. The number of nitrogens with zero attached hydrogens (tertiary/aromatic N) is 1. The van der Waals surface area contributed by atoms with E-state index in [4.69, 9.17) is 4.74 Å². The highest BCUT2D eigenvalue weighted by atomic mass is 79.9. The zero-order chi connectivity index (χ0) is 12.0. The quantitative estimate of drug-likeness (QED) is 0.807. The van der Waals surface area contributed by atoms with Gasteiger partial charge in [0.2, 0.25) is 0 Å². The van der Waals surface area contributed by atoms with Gasteiger partial charge >= 0.3 is 0 Å². The number of ether oxygens (including phenoxy) is 1. The van der Waals surface area contributed by atoms with Crippen molar-refractivity contribution in [2.24, 2.45) is 0 Å². The molecule has 0 bridgehead atoms. The molecule has 3 nitrogen and oxygen atoms in total. The molecular formula is C12H16BrNO2. The van der Waals surface area contributed by atoms with Crippen LogP contribution in [-0.4, -0.2) is 24.0 Å². The maximum Gasteiger partial charge on any atom is 0.137 e. The SMILES string of the molecule is COC(C)CCC(=O)Cc1cncc(Br)c1. The molecule has 0 spiro atoms. The van der Waals surface area contributed by atoms with Crippen molar-refractivity contribution < 1.29 is 9.53 Å². The first-order valence-corrected chi connectivity index (χ1v) is 6.05. The third kappa shape index (κ3) is 4.86. The van der Waals surface area contributed by atoms with Crippen LogP contribution in [0.5, 0.6) is 0 Å². The smallest absolute Gasteiger partial charge is 0.137 e. The summed E-state index contributed by atoms with van der Waals surface area (Å²) in [6, 6.07) is 1.92. The van der Waals surface area contributed by atoms with Crippen LogP contribution < -0.4 is 0 Å². The van der Waals surface area contributed by atoms with Gasteiger partial charge in [-0.15, -0.1) is 0 Å². The van der Waals surface area contributed by atoms with Crippen molar-refractivity contribution in [2.45, 2.75) is 32.3 Å². The van der Waals surface area contributed by atoms with Gasteiger partial charge in [-0.3, -0.25) is 9.78 Å². The van der Waals surface area contributed by atoms with Crippen molar-refractivity contribution in [3.8, 4) is 0 Å². The third-order valence-corrected chi connectivity index (χ3v) is 2.83. The summed E-state index contributed by atoms with van der Waals surface area (Å²) in [5, 5.41) is 0. The van der Waals surface area contributed by atoms with Crippen molar-refractivity contribution in [2.75, 3.05) is 7.11 Å². The maximum absolute atomic E-state index is 11.6. The van der Waals surface area contributed by atoms with Crippen LogP contribution in [0, 0.1) is 0 Å². The van der Waals surface area contributed by atoms with Crippen molar-refractivity contribution in [1.82, 2.24) is 4.98 Å². The summed E-state index contributed by atoms with van der Waals surface area (Å²) < 4.78 is 6.00. The number of hydrogen-bond acceptors (Lipinski definition) is 3. The minimum Gasteiger partial charge on any atom is -0.382 e. The van der Waals surface area contributed by atoms with Gasteiger partial charge in [-0.1, -0.05) is 0 Å². The number of carbonyl (C=O) groups is 1. The van der Waals surface area contributed by atoms with Gasteiger partial charge in [0.25, 0.3) is 0 Å². The Labute approximate surface area is 104 Å². The number of carbonyl (C=O) groups excluding carboxylic acids is 1. The highest BCUT2D eigenvalue weighted by molar-refractivity contribution is 9.10. The molecule has 0 radical (unpaired) electrons. The topological polar surface area (TPSA) is 39.2 Å². The zero-order valence-electron chi connectivity index (χ0n) is 9.57. The van der Waals surface area contributed by atoms with E-state index in [0.29, 0.717) is 12.8 Å². The second-order valence-corrected chi connectivity index (χ2v) is 4.73. The van der Waals surface area contributed by atoms with E-state index in [0.717, 1.165) is 16.5 Å². The average molecular weight is 286 g/mol. The second-order valence-electron chi connectivity index (χ2n) is 3.81. The van der Waals surface area contributed by atoms with Crippen molar-refractivity contribution in [1.29, 1.82) is 0 Å². The molecule has 1 atom stereocenters. The number of pyridine rings is 1. The summed E-state index contributed by atoms with van der Waals surface area (Å²) in [7, 11) is 1.66. The molecule has 1 heterocycles. The fourth-order valence-corrected chi connectivity index (χ4v) is 1.76. The molecule has 0 aliphatic rings. The average Bonchev–Trinajstić information content (AvgIpc) is 2.26. The number of ketones is 1. The summed E-state index contributed by atoms with van der Waals surface area (Å²) in [5.41, 5.74) is 0.949.